The largest absolute Gasteiger partial charge is 0.356 e. The predicted molar refractivity (Wildman–Crippen MR) is 104 cm³/mol. The van der Waals surface area contributed by atoms with Crippen LogP contribution in [0.2, 0.25) is 0 Å². The number of piperidine rings is 2. The van der Waals surface area contributed by atoms with E-state index in [0.717, 1.165) is 56.4 Å². The average molecular weight is 360 g/mol. The third-order valence-electron chi connectivity index (χ3n) is 5.83. The minimum atomic E-state index is 0.225. The first kappa shape index (κ1) is 19.1. The summed E-state index contributed by atoms with van der Waals surface area (Å²) in [7, 11) is 0. The van der Waals surface area contributed by atoms with E-state index in [0.29, 0.717) is 24.3 Å². The molecule has 6 heteroatoms. The molecule has 1 unspecified atom stereocenters. The molecule has 2 aliphatic rings. The summed E-state index contributed by atoms with van der Waals surface area (Å²) in [6.07, 6.45) is 5.02. The molecular weight excluding hydrogens is 326 g/mol. The lowest BCUT2D eigenvalue weighted by Gasteiger charge is -2.34. The fourth-order valence-electron chi connectivity index (χ4n) is 4.27. The van der Waals surface area contributed by atoms with Gasteiger partial charge in [0.2, 0.25) is 5.91 Å². The van der Waals surface area contributed by atoms with Crippen molar-refractivity contribution >= 4 is 11.7 Å². The van der Waals surface area contributed by atoms with Crippen molar-refractivity contribution in [2.24, 2.45) is 11.8 Å². The van der Waals surface area contributed by atoms with Crippen LogP contribution in [0.3, 0.4) is 0 Å². The lowest BCUT2D eigenvalue weighted by molar-refractivity contribution is -0.123. The second-order valence-corrected chi connectivity index (χ2v) is 8.01. The van der Waals surface area contributed by atoms with Crippen LogP contribution in [0.25, 0.3) is 0 Å². The summed E-state index contributed by atoms with van der Waals surface area (Å²) in [5.74, 6) is 3.22. The van der Waals surface area contributed by atoms with E-state index >= 15 is 0 Å². The van der Waals surface area contributed by atoms with Crippen molar-refractivity contribution in [2.45, 2.75) is 58.9 Å². The summed E-state index contributed by atoms with van der Waals surface area (Å²) in [6.45, 7) is 10.2. The van der Waals surface area contributed by atoms with Crippen LogP contribution in [0.5, 0.6) is 0 Å². The zero-order valence-corrected chi connectivity index (χ0v) is 16.4. The number of nitrogens with zero attached hydrogens (tertiary/aromatic N) is 3. The van der Waals surface area contributed by atoms with Gasteiger partial charge in [-0.2, -0.15) is 0 Å². The summed E-state index contributed by atoms with van der Waals surface area (Å²) >= 11 is 0. The van der Waals surface area contributed by atoms with E-state index in [1.54, 1.807) is 0 Å². The van der Waals surface area contributed by atoms with Crippen LogP contribution in [0, 0.1) is 25.7 Å². The van der Waals surface area contributed by atoms with Gasteiger partial charge in [-0.1, -0.05) is 6.92 Å². The average Bonchev–Trinajstić information content (AvgIpc) is 2.62. The van der Waals surface area contributed by atoms with Gasteiger partial charge in [-0.25, -0.2) is 9.97 Å². The molecule has 2 saturated heterocycles. The topological polar surface area (TPSA) is 70.2 Å². The molecule has 6 nitrogen and oxygen atoms in total. The Morgan fingerprint density at radius 2 is 1.92 bits per heavy atom. The molecule has 1 aromatic rings. The van der Waals surface area contributed by atoms with Gasteiger partial charge >= 0.3 is 0 Å². The maximum atomic E-state index is 12.4. The highest BCUT2D eigenvalue weighted by Gasteiger charge is 2.25. The number of aromatic nitrogens is 2. The van der Waals surface area contributed by atoms with Crippen molar-refractivity contribution in [3.8, 4) is 0 Å². The lowest BCUT2D eigenvalue weighted by atomic mass is 9.84. The van der Waals surface area contributed by atoms with Gasteiger partial charge in [-0.3, -0.25) is 4.79 Å². The number of amides is 1. The first-order valence-electron chi connectivity index (χ1n) is 10.1. The summed E-state index contributed by atoms with van der Waals surface area (Å²) in [6, 6.07) is 2.34. The fraction of sp³-hybridized carbons (Fsp3) is 0.750. The van der Waals surface area contributed by atoms with Crippen molar-refractivity contribution < 1.29 is 4.79 Å². The van der Waals surface area contributed by atoms with Crippen molar-refractivity contribution in [3.05, 3.63) is 17.6 Å². The minimum absolute atomic E-state index is 0.225. The Bertz CT molecular complexity index is 586. The molecule has 26 heavy (non-hydrogen) atoms. The van der Waals surface area contributed by atoms with Gasteiger partial charge < -0.3 is 15.5 Å². The molecule has 2 aliphatic heterocycles. The Kier molecular flexibility index (Phi) is 6.46. The Morgan fingerprint density at radius 3 is 2.58 bits per heavy atom. The third-order valence-corrected chi connectivity index (χ3v) is 5.83. The van der Waals surface area contributed by atoms with E-state index in [1.807, 2.05) is 19.9 Å². The van der Waals surface area contributed by atoms with Gasteiger partial charge in [0, 0.05) is 37.3 Å². The van der Waals surface area contributed by atoms with Crippen LogP contribution < -0.4 is 15.5 Å². The fourth-order valence-corrected chi connectivity index (χ4v) is 4.27. The second kappa shape index (κ2) is 8.80. The molecule has 1 amide bonds. The molecule has 3 rings (SSSR count). The van der Waals surface area contributed by atoms with Crippen LogP contribution >= 0.6 is 0 Å². The number of hydrogen-bond acceptors (Lipinski definition) is 5. The zero-order chi connectivity index (χ0) is 18.5. The molecule has 2 fully saturated rings. The van der Waals surface area contributed by atoms with Crippen molar-refractivity contribution in [1.82, 2.24) is 20.6 Å². The smallest absolute Gasteiger partial charge is 0.220 e. The summed E-state index contributed by atoms with van der Waals surface area (Å²) < 4.78 is 0. The third kappa shape index (κ3) is 5.16. The first-order chi connectivity index (χ1) is 12.5. The summed E-state index contributed by atoms with van der Waals surface area (Å²) in [4.78, 5) is 23.7. The molecule has 144 valence electrons. The molecule has 1 atom stereocenters. The highest BCUT2D eigenvalue weighted by molar-refractivity contribution is 5.76. The highest BCUT2D eigenvalue weighted by Crippen LogP contribution is 2.24. The number of carbonyl (C=O) groups excluding carboxylic acids is 1. The number of aryl methyl sites for hydroxylation is 2. The van der Waals surface area contributed by atoms with E-state index in [4.69, 9.17) is 0 Å². The normalized spacial score (nSPS) is 20.8. The van der Waals surface area contributed by atoms with E-state index < -0.39 is 0 Å². The van der Waals surface area contributed by atoms with Crippen molar-refractivity contribution in [2.75, 3.05) is 31.1 Å². The quantitative estimate of drug-likeness (QED) is 0.843. The van der Waals surface area contributed by atoms with Crippen LogP contribution in [-0.2, 0) is 4.79 Å². The Hall–Kier alpha value is -1.69. The van der Waals surface area contributed by atoms with Crippen molar-refractivity contribution in [1.29, 1.82) is 0 Å². The van der Waals surface area contributed by atoms with Gasteiger partial charge in [0.05, 0.1) is 0 Å². The molecule has 3 heterocycles. The summed E-state index contributed by atoms with van der Waals surface area (Å²) in [5.41, 5.74) is 1.01. The Morgan fingerprint density at radius 1 is 1.23 bits per heavy atom. The van der Waals surface area contributed by atoms with E-state index in [1.165, 1.54) is 12.8 Å². The zero-order valence-electron chi connectivity index (χ0n) is 16.4. The maximum Gasteiger partial charge on any atom is 0.220 e. The van der Waals surface area contributed by atoms with Gasteiger partial charge in [0.1, 0.15) is 11.6 Å². The second-order valence-electron chi connectivity index (χ2n) is 8.01. The SMILES string of the molecule is Cc1cc(N2CCC(NC(=O)CC(C)C3CCNCC3)CC2)nc(C)n1. The van der Waals surface area contributed by atoms with Crippen molar-refractivity contribution in [3.63, 3.8) is 0 Å². The molecule has 0 spiro atoms. The van der Waals surface area contributed by atoms with Crippen LogP contribution in [-0.4, -0.2) is 48.1 Å². The number of nitrogens with one attached hydrogen (secondary N) is 2. The first-order valence-corrected chi connectivity index (χ1v) is 10.1. The molecular formula is C20H33N5O. The van der Waals surface area contributed by atoms with E-state index in [-0.39, 0.29) is 5.91 Å². The van der Waals surface area contributed by atoms with Crippen LogP contribution in [0.1, 0.15) is 50.5 Å². The molecule has 0 saturated carbocycles. The molecule has 0 bridgehead atoms. The Labute approximate surface area is 157 Å². The molecule has 0 aromatic carbocycles. The molecule has 2 N–H and O–H groups in total. The van der Waals surface area contributed by atoms with E-state index in [2.05, 4.69) is 32.4 Å². The number of rotatable bonds is 5. The monoisotopic (exact) mass is 359 g/mol. The Balaban J connectivity index is 1.43. The van der Waals surface area contributed by atoms with Gasteiger partial charge in [-0.15, -0.1) is 0 Å². The summed E-state index contributed by atoms with van der Waals surface area (Å²) in [5, 5.41) is 6.67. The highest BCUT2D eigenvalue weighted by atomic mass is 16.1. The predicted octanol–water partition coefficient (Wildman–Crippen LogP) is 2.20. The standard InChI is InChI=1S/C20H33N5O/c1-14(17-4-8-21-9-5-17)12-20(26)24-18-6-10-25(11-7-18)19-13-15(2)22-16(3)23-19/h13-14,17-18,21H,4-12H2,1-3H3,(H,24,26). The van der Waals surface area contributed by atoms with Crippen LogP contribution in [0.4, 0.5) is 5.82 Å². The molecule has 0 radical (unpaired) electrons. The lowest BCUT2D eigenvalue weighted by Crippen LogP contribution is -2.45. The number of carbonyl (C=O) groups is 1. The minimum Gasteiger partial charge on any atom is -0.356 e. The number of hydrogen-bond donors (Lipinski definition) is 2. The van der Waals surface area contributed by atoms with Gasteiger partial charge in [-0.05, 0) is 64.5 Å². The molecule has 1 aromatic heterocycles. The maximum absolute atomic E-state index is 12.4. The molecule has 0 aliphatic carbocycles. The van der Waals surface area contributed by atoms with E-state index in [9.17, 15) is 4.79 Å². The van der Waals surface area contributed by atoms with Gasteiger partial charge in [0.25, 0.3) is 0 Å². The van der Waals surface area contributed by atoms with Crippen LogP contribution in [0.15, 0.2) is 6.07 Å². The number of anilines is 1. The van der Waals surface area contributed by atoms with Gasteiger partial charge in [0.15, 0.2) is 0 Å².